The fourth-order valence-electron chi connectivity index (χ4n) is 2.68. The topological polar surface area (TPSA) is 44.4 Å². The van der Waals surface area contributed by atoms with Gasteiger partial charge in [0.2, 0.25) is 0 Å². The molecule has 1 atom stereocenters. The van der Waals surface area contributed by atoms with Gasteiger partial charge in [0.1, 0.15) is 0 Å². The van der Waals surface area contributed by atoms with Gasteiger partial charge >= 0.3 is 6.03 Å². The highest BCUT2D eigenvalue weighted by molar-refractivity contribution is 5.78. The first-order valence-corrected chi connectivity index (χ1v) is 6.50. The first-order chi connectivity index (χ1) is 8.65. The van der Waals surface area contributed by atoms with Gasteiger partial charge in [-0.2, -0.15) is 0 Å². The van der Waals surface area contributed by atoms with Gasteiger partial charge in [-0.15, -0.1) is 0 Å². The summed E-state index contributed by atoms with van der Waals surface area (Å²) in [6, 6.07) is 7.02. The molecule has 3 rings (SSSR count). The Hall–Kier alpha value is -1.55. The van der Waals surface area contributed by atoms with Crippen molar-refractivity contribution in [2.45, 2.75) is 25.9 Å². The Kier molecular flexibility index (Phi) is 2.74. The predicted octanol–water partition coefficient (Wildman–Crippen LogP) is 1.34. The van der Waals surface area contributed by atoms with Crippen LogP contribution in [0.1, 0.15) is 22.7 Å². The molecule has 2 aliphatic heterocycles. The molecule has 2 fully saturated rings. The van der Waals surface area contributed by atoms with Crippen LogP contribution in [0.5, 0.6) is 0 Å². The largest absolute Gasteiger partial charge is 0.329 e. The van der Waals surface area contributed by atoms with Gasteiger partial charge in [0.05, 0.1) is 12.1 Å². The van der Waals surface area contributed by atoms with E-state index < -0.39 is 0 Å². The van der Waals surface area contributed by atoms with E-state index in [4.69, 9.17) is 0 Å². The SMILES string of the molecule is Cc1ccc(C)c(C2CN(C3CNC3)C(=O)N2)c1. The Morgan fingerprint density at radius 1 is 1.28 bits per heavy atom. The van der Waals surface area contributed by atoms with Crippen LogP contribution in [0.25, 0.3) is 0 Å². The van der Waals surface area contributed by atoms with Crippen LogP contribution in [0.15, 0.2) is 18.2 Å². The van der Waals surface area contributed by atoms with E-state index in [9.17, 15) is 4.79 Å². The zero-order valence-electron chi connectivity index (χ0n) is 10.9. The summed E-state index contributed by atoms with van der Waals surface area (Å²) in [5.41, 5.74) is 3.74. The number of nitrogens with one attached hydrogen (secondary N) is 2. The van der Waals surface area contributed by atoms with Gasteiger partial charge in [0.25, 0.3) is 0 Å². The fourth-order valence-corrected chi connectivity index (χ4v) is 2.68. The number of rotatable bonds is 2. The molecule has 1 aromatic carbocycles. The molecular formula is C14H19N3O. The third kappa shape index (κ3) is 1.86. The van der Waals surface area contributed by atoms with E-state index in [0.717, 1.165) is 19.6 Å². The van der Waals surface area contributed by atoms with Crippen molar-refractivity contribution in [1.82, 2.24) is 15.5 Å². The fraction of sp³-hybridized carbons (Fsp3) is 0.500. The smallest absolute Gasteiger partial charge is 0.318 e. The minimum atomic E-state index is 0.0763. The number of urea groups is 1. The van der Waals surface area contributed by atoms with E-state index in [1.54, 1.807) is 0 Å². The second-order valence-electron chi connectivity index (χ2n) is 5.33. The standard InChI is InChI=1S/C14H19N3O/c1-9-3-4-10(2)12(5-9)13-8-17(14(18)16-13)11-6-15-7-11/h3-5,11,13,15H,6-8H2,1-2H3,(H,16,18). The van der Waals surface area contributed by atoms with Gasteiger partial charge in [-0.1, -0.05) is 23.8 Å². The lowest BCUT2D eigenvalue weighted by molar-refractivity contribution is 0.172. The summed E-state index contributed by atoms with van der Waals surface area (Å²) in [6.45, 7) is 6.83. The van der Waals surface area contributed by atoms with Crippen LogP contribution in [0, 0.1) is 13.8 Å². The Morgan fingerprint density at radius 2 is 2.06 bits per heavy atom. The quantitative estimate of drug-likeness (QED) is 0.826. The molecular weight excluding hydrogens is 226 g/mol. The van der Waals surface area contributed by atoms with Gasteiger partial charge in [-0.25, -0.2) is 4.79 Å². The number of benzene rings is 1. The minimum Gasteiger partial charge on any atom is -0.329 e. The molecule has 1 aromatic rings. The number of hydrogen-bond donors (Lipinski definition) is 2. The normalized spacial score (nSPS) is 24.0. The van der Waals surface area contributed by atoms with Crippen LogP contribution in [0.3, 0.4) is 0 Å². The molecule has 0 aliphatic carbocycles. The van der Waals surface area contributed by atoms with Crippen molar-refractivity contribution in [3.05, 3.63) is 34.9 Å². The van der Waals surface area contributed by atoms with Gasteiger partial charge in [0.15, 0.2) is 0 Å². The Bertz CT molecular complexity index is 482. The van der Waals surface area contributed by atoms with E-state index in [-0.39, 0.29) is 12.1 Å². The van der Waals surface area contributed by atoms with Crippen LogP contribution < -0.4 is 10.6 Å². The summed E-state index contributed by atoms with van der Waals surface area (Å²) in [5, 5.41) is 6.31. The molecule has 0 spiro atoms. The third-order valence-corrected chi connectivity index (χ3v) is 3.95. The Labute approximate surface area is 107 Å². The van der Waals surface area contributed by atoms with Crippen LogP contribution >= 0.6 is 0 Å². The second kappa shape index (κ2) is 4.28. The van der Waals surface area contributed by atoms with Crippen LogP contribution in [-0.2, 0) is 0 Å². The summed E-state index contributed by atoms with van der Waals surface area (Å²) in [7, 11) is 0. The van der Waals surface area contributed by atoms with Gasteiger partial charge in [-0.3, -0.25) is 0 Å². The van der Waals surface area contributed by atoms with Gasteiger partial charge in [0, 0.05) is 19.6 Å². The average Bonchev–Trinajstić information content (AvgIpc) is 2.62. The minimum absolute atomic E-state index is 0.0763. The van der Waals surface area contributed by atoms with Crippen molar-refractivity contribution in [1.29, 1.82) is 0 Å². The molecule has 18 heavy (non-hydrogen) atoms. The van der Waals surface area contributed by atoms with E-state index >= 15 is 0 Å². The van der Waals surface area contributed by atoms with E-state index in [2.05, 4.69) is 42.7 Å². The van der Waals surface area contributed by atoms with Crippen LogP contribution in [0.4, 0.5) is 4.79 Å². The van der Waals surface area contributed by atoms with Crippen molar-refractivity contribution in [2.75, 3.05) is 19.6 Å². The number of aryl methyl sites for hydroxylation is 2. The van der Waals surface area contributed by atoms with E-state index in [1.807, 2.05) is 4.90 Å². The molecule has 2 heterocycles. The molecule has 1 unspecified atom stereocenters. The maximum Gasteiger partial charge on any atom is 0.318 e. The maximum absolute atomic E-state index is 12.0. The lowest BCUT2D eigenvalue weighted by Gasteiger charge is -2.34. The highest BCUT2D eigenvalue weighted by Gasteiger charge is 2.37. The average molecular weight is 245 g/mol. The Balaban J connectivity index is 1.81. The Morgan fingerprint density at radius 3 is 2.72 bits per heavy atom. The predicted molar refractivity (Wildman–Crippen MR) is 70.6 cm³/mol. The molecule has 4 heteroatoms. The third-order valence-electron chi connectivity index (χ3n) is 3.95. The zero-order chi connectivity index (χ0) is 12.7. The zero-order valence-corrected chi connectivity index (χ0v) is 10.9. The molecule has 2 amide bonds. The maximum atomic E-state index is 12.0. The van der Waals surface area contributed by atoms with E-state index in [0.29, 0.717) is 6.04 Å². The lowest BCUT2D eigenvalue weighted by Crippen LogP contribution is -2.57. The van der Waals surface area contributed by atoms with E-state index in [1.165, 1.54) is 16.7 Å². The van der Waals surface area contributed by atoms with Crippen LogP contribution in [0.2, 0.25) is 0 Å². The highest BCUT2D eigenvalue weighted by atomic mass is 16.2. The molecule has 2 saturated heterocycles. The van der Waals surface area contributed by atoms with Crippen LogP contribution in [-0.4, -0.2) is 36.6 Å². The van der Waals surface area contributed by atoms with Crippen molar-refractivity contribution in [3.8, 4) is 0 Å². The number of hydrogen-bond acceptors (Lipinski definition) is 2. The first-order valence-electron chi connectivity index (χ1n) is 6.50. The molecule has 0 saturated carbocycles. The number of amides is 2. The van der Waals surface area contributed by atoms with Gasteiger partial charge in [-0.05, 0) is 25.0 Å². The molecule has 4 nitrogen and oxygen atoms in total. The molecule has 2 aliphatic rings. The number of carbonyl (C=O) groups excluding carboxylic acids is 1. The van der Waals surface area contributed by atoms with Crippen molar-refractivity contribution < 1.29 is 4.79 Å². The monoisotopic (exact) mass is 245 g/mol. The highest BCUT2D eigenvalue weighted by Crippen LogP contribution is 2.26. The molecule has 0 radical (unpaired) electrons. The van der Waals surface area contributed by atoms with Crippen molar-refractivity contribution in [3.63, 3.8) is 0 Å². The number of carbonyl (C=O) groups is 1. The number of nitrogens with zero attached hydrogens (tertiary/aromatic N) is 1. The van der Waals surface area contributed by atoms with Crippen molar-refractivity contribution >= 4 is 6.03 Å². The summed E-state index contributed by atoms with van der Waals surface area (Å²) in [4.78, 5) is 13.9. The molecule has 2 N–H and O–H groups in total. The summed E-state index contributed by atoms with van der Waals surface area (Å²) < 4.78 is 0. The summed E-state index contributed by atoms with van der Waals surface area (Å²) >= 11 is 0. The van der Waals surface area contributed by atoms with Crippen molar-refractivity contribution in [2.24, 2.45) is 0 Å². The summed E-state index contributed by atoms with van der Waals surface area (Å²) in [6.07, 6.45) is 0. The molecule has 96 valence electrons. The van der Waals surface area contributed by atoms with Gasteiger partial charge < -0.3 is 15.5 Å². The summed E-state index contributed by atoms with van der Waals surface area (Å²) in [5.74, 6) is 0. The second-order valence-corrected chi connectivity index (χ2v) is 5.33. The first kappa shape index (κ1) is 11.5. The molecule has 0 bridgehead atoms. The molecule has 0 aromatic heterocycles. The lowest BCUT2D eigenvalue weighted by atomic mass is 9.99.